The lowest BCUT2D eigenvalue weighted by atomic mass is 9.84. The van der Waals surface area contributed by atoms with E-state index in [-0.39, 0.29) is 23.3 Å². The second-order valence-electron chi connectivity index (χ2n) is 4.99. The Labute approximate surface area is 135 Å². The van der Waals surface area contributed by atoms with Crippen LogP contribution in [0.5, 0.6) is 11.5 Å². The molecule has 0 aliphatic rings. The minimum absolute atomic E-state index is 0.256. The number of phenolic OH excluding ortho intramolecular Hbond substituents is 2. The highest BCUT2D eigenvalue weighted by Gasteiger charge is 2.20. The maximum Gasteiger partial charge on any atom is 0.116 e. The van der Waals surface area contributed by atoms with Crippen LogP contribution in [0.25, 0.3) is 0 Å². The third-order valence-corrected chi connectivity index (χ3v) is 5.07. The summed E-state index contributed by atoms with van der Waals surface area (Å²) in [5, 5.41) is 19.0. The fraction of sp³-hybridized carbons (Fsp3) is 0.250. The summed E-state index contributed by atoms with van der Waals surface area (Å²) in [6.07, 6.45) is 0. The summed E-state index contributed by atoms with van der Waals surface area (Å²) in [7, 11) is 0. The summed E-state index contributed by atoms with van der Waals surface area (Å²) in [6, 6.07) is 10.7. The van der Waals surface area contributed by atoms with Gasteiger partial charge in [-0.1, -0.05) is 57.8 Å². The lowest BCUT2D eigenvalue weighted by Gasteiger charge is -2.23. The molecule has 2 unspecified atom stereocenters. The van der Waals surface area contributed by atoms with Crippen molar-refractivity contribution in [3.63, 3.8) is 0 Å². The highest BCUT2D eigenvalue weighted by atomic mass is 79.9. The smallest absolute Gasteiger partial charge is 0.116 e. The number of phenols is 2. The minimum Gasteiger partial charge on any atom is -0.508 e. The molecule has 4 heteroatoms. The van der Waals surface area contributed by atoms with Crippen molar-refractivity contribution in [2.45, 2.75) is 25.7 Å². The highest BCUT2D eigenvalue weighted by Crippen LogP contribution is 2.40. The second-order valence-corrected chi connectivity index (χ2v) is 6.70. The zero-order chi connectivity index (χ0) is 14.9. The van der Waals surface area contributed by atoms with Gasteiger partial charge in [0, 0.05) is 8.95 Å². The van der Waals surface area contributed by atoms with Crippen LogP contribution in [-0.2, 0) is 0 Å². The van der Waals surface area contributed by atoms with Crippen LogP contribution < -0.4 is 0 Å². The van der Waals surface area contributed by atoms with Crippen LogP contribution in [0.2, 0.25) is 0 Å². The van der Waals surface area contributed by atoms with Gasteiger partial charge in [-0.2, -0.15) is 0 Å². The van der Waals surface area contributed by atoms with Crippen molar-refractivity contribution < 1.29 is 10.2 Å². The van der Waals surface area contributed by atoms with Gasteiger partial charge in [-0.05, 0) is 47.2 Å². The van der Waals surface area contributed by atoms with E-state index in [1.807, 2.05) is 12.1 Å². The summed E-state index contributed by atoms with van der Waals surface area (Å²) in [6.45, 7) is 4.31. The molecule has 0 saturated carbocycles. The van der Waals surface area contributed by atoms with Gasteiger partial charge < -0.3 is 10.2 Å². The number of rotatable bonds is 3. The van der Waals surface area contributed by atoms with E-state index in [9.17, 15) is 10.2 Å². The van der Waals surface area contributed by atoms with E-state index >= 15 is 0 Å². The molecule has 0 aliphatic heterocycles. The average Bonchev–Trinajstić information content (AvgIpc) is 2.37. The quantitative estimate of drug-likeness (QED) is 0.712. The molecule has 20 heavy (non-hydrogen) atoms. The summed E-state index contributed by atoms with van der Waals surface area (Å²) >= 11 is 7.01. The minimum atomic E-state index is 0.256. The monoisotopic (exact) mass is 398 g/mol. The summed E-state index contributed by atoms with van der Waals surface area (Å²) in [5.41, 5.74) is 2.30. The Morgan fingerprint density at radius 1 is 0.750 bits per heavy atom. The van der Waals surface area contributed by atoms with Crippen LogP contribution in [-0.4, -0.2) is 10.2 Å². The predicted molar refractivity (Wildman–Crippen MR) is 88.4 cm³/mol. The summed E-state index contributed by atoms with van der Waals surface area (Å²) in [4.78, 5) is 0. The van der Waals surface area contributed by atoms with Crippen molar-refractivity contribution in [3.8, 4) is 11.5 Å². The Morgan fingerprint density at radius 2 is 1.10 bits per heavy atom. The molecule has 0 amide bonds. The highest BCUT2D eigenvalue weighted by molar-refractivity contribution is 9.10. The fourth-order valence-electron chi connectivity index (χ4n) is 2.31. The van der Waals surface area contributed by atoms with Crippen molar-refractivity contribution in [1.82, 2.24) is 0 Å². The van der Waals surface area contributed by atoms with Crippen molar-refractivity contribution in [1.29, 1.82) is 0 Å². The Balaban J connectivity index is 2.34. The molecule has 0 spiro atoms. The van der Waals surface area contributed by atoms with E-state index in [4.69, 9.17) is 0 Å². The molecule has 0 heterocycles. The molecular weight excluding hydrogens is 384 g/mol. The van der Waals surface area contributed by atoms with E-state index in [2.05, 4.69) is 45.7 Å². The number of benzene rings is 2. The fourth-order valence-corrected chi connectivity index (χ4v) is 3.76. The van der Waals surface area contributed by atoms with Gasteiger partial charge in [-0.15, -0.1) is 0 Å². The van der Waals surface area contributed by atoms with Crippen molar-refractivity contribution in [3.05, 3.63) is 56.5 Å². The number of aromatic hydroxyl groups is 2. The maximum absolute atomic E-state index is 9.48. The Morgan fingerprint density at radius 3 is 1.40 bits per heavy atom. The average molecular weight is 400 g/mol. The van der Waals surface area contributed by atoms with Gasteiger partial charge in [0.15, 0.2) is 0 Å². The Hall–Kier alpha value is -1.00. The van der Waals surface area contributed by atoms with Crippen LogP contribution in [0, 0.1) is 0 Å². The number of hydrogen-bond acceptors (Lipinski definition) is 2. The number of halogens is 2. The molecule has 0 saturated heterocycles. The lowest BCUT2D eigenvalue weighted by molar-refractivity contribution is 0.472. The van der Waals surface area contributed by atoms with E-state index in [0.29, 0.717) is 0 Å². The standard InChI is InChI=1S/C16H16Br2O2/c1-9(13-5-3-11(19)7-15(13)17)10(2)14-6-4-12(20)8-16(14)18/h3-10,19-20H,1-2H3. The molecule has 0 aliphatic carbocycles. The van der Waals surface area contributed by atoms with Crippen molar-refractivity contribution in [2.24, 2.45) is 0 Å². The van der Waals surface area contributed by atoms with Gasteiger partial charge in [0.25, 0.3) is 0 Å². The van der Waals surface area contributed by atoms with E-state index < -0.39 is 0 Å². The molecule has 2 nitrogen and oxygen atoms in total. The second kappa shape index (κ2) is 6.19. The zero-order valence-electron chi connectivity index (χ0n) is 11.3. The first kappa shape index (κ1) is 15.4. The van der Waals surface area contributed by atoms with Crippen molar-refractivity contribution in [2.75, 3.05) is 0 Å². The molecule has 0 fully saturated rings. The Kier molecular flexibility index (Phi) is 4.76. The topological polar surface area (TPSA) is 40.5 Å². The molecule has 2 rings (SSSR count). The maximum atomic E-state index is 9.48. The van der Waals surface area contributed by atoms with E-state index in [1.54, 1.807) is 24.3 Å². The van der Waals surface area contributed by atoms with Gasteiger partial charge in [0.2, 0.25) is 0 Å². The van der Waals surface area contributed by atoms with E-state index in [1.165, 1.54) is 0 Å². The molecule has 2 N–H and O–H groups in total. The van der Waals surface area contributed by atoms with Gasteiger partial charge in [0.05, 0.1) is 0 Å². The van der Waals surface area contributed by atoms with Crippen LogP contribution in [0.15, 0.2) is 45.3 Å². The number of hydrogen-bond donors (Lipinski definition) is 2. The van der Waals surface area contributed by atoms with Crippen LogP contribution in [0.4, 0.5) is 0 Å². The third-order valence-electron chi connectivity index (χ3n) is 3.70. The summed E-state index contributed by atoms with van der Waals surface area (Å²) < 4.78 is 1.82. The first-order chi connectivity index (χ1) is 9.40. The normalized spacial score (nSPS) is 14.0. The zero-order valence-corrected chi connectivity index (χ0v) is 14.4. The molecule has 106 valence electrons. The van der Waals surface area contributed by atoms with Gasteiger partial charge in [-0.25, -0.2) is 0 Å². The molecule has 0 radical (unpaired) electrons. The van der Waals surface area contributed by atoms with E-state index in [0.717, 1.165) is 20.1 Å². The largest absolute Gasteiger partial charge is 0.508 e. The van der Waals surface area contributed by atoms with Gasteiger partial charge in [0.1, 0.15) is 11.5 Å². The molecule has 0 bridgehead atoms. The van der Waals surface area contributed by atoms with Gasteiger partial charge >= 0.3 is 0 Å². The third kappa shape index (κ3) is 3.18. The first-order valence-electron chi connectivity index (χ1n) is 6.37. The Bertz CT molecular complexity index is 570. The molecule has 2 aromatic carbocycles. The SMILES string of the molecule is CC(c1ccc(O)cc1Br)C(C)c1ccc(O)cc1Br. The van der Waals surface area contributed by atoms with Gasteiger partial charge in [-0.3, -0.25) is 0 Å². The first-order valence-corrected chi connectivity index (χ1v) is 7.95. The molecule has 0 aromatic heterocycles. The van der Waals surface area contributed by atoms with Crippen LogP contribution in [0.3, 0.4) is 0 Å². The van der Waals surface area contributed by atoms with Crippen LogP contribution in [0.1, 0.15) is 36.8 Å². The summed E-state index contributed by atoms with van der Waals surface area (Å²) in [5.74, 6) is 1.05. The lowest BCUT2D eigenvalue weighted by Crippen LogP contribution is -2.06. The molecular formula is C16H16Br2O2. The van der Waals surface area contributed by atoms with Crippen molar-refractivity contribution >= 4 is 31.9 Å². The predicted octanol–water partition coefficient (Wildman–Crippen LogP) is 5.53. The molecule has 2 atom stereocenters. The van der Waals surface area contributed by atoms with Crippen LogP contribution >= 0.6 is 31.9 Å². The molecule has 2 aromatic rings.